The molecule has 1 fully saturated rings. The van der Waals surface area contributed by atoms with E-state index in [0.29, 0.717) is 0 Å². The van der Waals surface area contributed by atoms with E-state index in [9.17, 15) is 9.18 Å². The first-order valence-corrected chi connectivity index (χ1v) is 6.93. The van der Waals surface area contributed by atoms with Gasteiger partial charge in [-0.3, -0.25) is 4.79 Å². The Hall–Kier alpha value is -1.42. The van der Waals surface area contributed by atoms with Crippen LogP contribution in [0.4, 0.5) is 4.39 Å². The van der Waals surface area contributed by atoms with Crippen LogP contribution in [0.3, 0.4) is 0 Å². The van der Waals surface area contributed by atoms with Crippen LogP contribution in [0, 0.1) is 5.82 Å². The van der Waals surface area contributed by atoms with Gasteiger partial charge in [-0.15, -0.1) is 0 Å². The molecule has 1 saturated heterocycles. The molecule has 3 nitrogen and oxygen atoms in total. The molecule has 0 spiro atoms. The summed E-state index contributed by atoms with van der Waals surface area (Å²) < 4.78 is 12.8. The highest BCUT2D eigenvalue weighted by atomic mass is 19.1. The SMILES string of the molecule is CC(Cc1ccc(F)cc1)NC(=O)[C@H]1CCCCN1. The van der Waals surface area contributed by atoms with Crippen LogP contribution in [-0.4, -0.2) is 24.5 Å². The van der Waals surface area contributed by atoms with Gasteiger partial charge in [0.15, 0.2) is 0 Å². The third-order valence-corrected chi connectivity index (χ3v) is 3.47. The normalized spacial score (nSPS) is 20.8. The van der Waals surface area contributed by atoms with Crippen molar-refractivity contribution >= 4 is 5.91 Å². The monoisotopic (exact) mass is 264 g/mol. The maximum Gasteiger partial charge on any atom is 0.237 e. The summed E-state index contributed by atoms with van der Waals surface area (Å²) in [5.41, 5.74) is 1.03. The average Bonchev–Trinajstić information content (AvgIpc) is 2.42. The number of rotatable bonds is 4. The molecular formula is C15H21FN2O. The van der Waals surface area contributed by atoms with Crippen LogP contribution in [0.15, 0.2) is 24.3 Å². The fourth-order valence-corrected chi connectivity index (χ4v) is 2.44. The Morgan fingerprint density at radius 3 is 2.79 bits per heavy atom. The summed E-state index contributed by atoms with van der Waals surface area (Å²) in [5.74, 6) is -0.152. The Kier molecular flexibility index (Phi) is 4.91. The first-order chi connectivity index (χ1) is 9.15. The van der Waals surface area contributed by atoms with Gasteiger partial charge in [0.1, 0.15) is 5.82 Å². The number of carbonyl (C=O) groups excluding carboxylic acids is 1. The van der Waals surface area contributed by atoms with Crippen LogP contribution in [0.1, 0.15) is 31.7 Å². The van der Waals surface area contributed by atoms with E-state index in [4.69, 9.17) is 0 Å². The van der Waals surface area contributed by atoms with Crippen molar-refractivity contribution < 1.29 is 9.18 Å². The number of amides is 1. The molecule has 1 heterocycles. The van der Waals surface area contributed by atoms with Gasteiger partial charge in [0.25, 0.3) is 0 Å². The Morgan fingerprint density at radius 2 is 2.16 bits per heavy atom. The molecule has 104 valence electrons. The Bertz CT molecular complexity index is 413. The summed E-state index contributed by atoms with van der Waals surface area (Å²) in [6.07, 6.45) is 3.89. The Balaban J connectivity index is 1.81. The predicted octanol–water partition coefficient (Wildman–Crippen LogP) is 2.02. The van der Waals surface area contributed by atoms with E-state index in [1.165, 1.54) is 12.1 Å². The molecule has 1 aliphatic rings. The van der Waals surface area contributed by atoms with Crippen molar-refractivity contribution in [2.24, 2.45) is 0 Å². The number of benzene rings is 1. The largest absolute Gasteiger partial charge is 0.352 e. The Labute approximate surface area is 113 Å². The molecule has 0 aromatic heterocycles. The van der Waals surface area contributed by atoms with Gasteiger partial charge in [-0.2, -0.15) is 0 Å². The average molecular weight is 264 g/mol. The second kappa shape index (κ2) is 6.66. The van der Waals surface area contributed by atoms with Gasteiger partial charge >= 0.3 is 0 Å². The van der Waals surface area contributed by atoms with Gasteiger partial charge in [-0.1, -0.05) is 18.6 Å². The zero-order chi connectivity index (χ0) is 13.7. The lowest BCUT2D eigenvalue weighted by molar-refractivity contribution is -0.124. The molecule has 2 atom stereocenters. The van der Waals surface area contributed by atoms with E-state index in [2.05, 4.69) is 10.6 Å². The van der Waals surface area contributed by atoms with Crippen molar-refractivity contribution in [2.45, 2.75) is 44.7 Å². The molecule has 4 heteroatoms. The van der Waals surface area contributed by atoms with E-state index in [1.54, 1.807) is 12.1 Å². The first kappa shape index (κ1) is 14.0. The van der Waals surface area contributed by atoms with Crippen molar-refractivity contribution in [3.8, 4) is 0 Å². The minimum absolute atomic E-state index is 0.0515. The quantitative estimate of drug-likeness (QED) is 0.873. The van der Waals surface area contributed by atoms with E-state index >= 15 is 0 Å². The predicted molar refractivity (Wildman–Crippen MR) is 73.4 cm³/mol. The summed E-state index contributed by atoms with van der Waals surface area (Å²) in [4.78, 5) is 12.0. The number of halogens is 1. The fourth-order valence-electron chi connectivity index (χ4n) is 2.44. The van der Waals surface area contributed by atoms with Crippen LogP contribution in [0.2, 0.25) is 0 Å². The highest BCUT2D eigenvalue weighted by molar-refractivity contribution is 5.82. The summed E-state index contributed by atoms with van der Waals surface area (Å²) >= 11 is 0. The van der Waals surface area contributed by atoms with Crippen molar-refractivity contribution in [3.05, 3.63) is 35.6 Å². The van der Waals surface area contributed by atoms with Gasteiger partial charge in [0.05, 0.1) is 6.04 Å². The number of hydrogen-bond donors (Lipinski definition) is 2. The first-order valence-electron chi connectivity index (χ1n) is 6.93. The van der Waals surface area contributed by atoms with Gasteiger partial charge in [-0.05, 0) is 50.4 Å². The summed E-state index contributed by atoms with van der Waals surface area (Å²) in [7, 11) is 0. The van der Waals surface area contributed by atoms with Gasteiger partial charge in [0, 0.05) is 6.04 Å². The molecule has 2 N–H and O–H groups in total. The minimum atomic E-state index is -0.230. The molecule has 1 aromatic rings. The molecular weight excluding hydrogens is 243 g/mol. The topological polar surface area (TPSA) is 41.1 Å². The van der Waals surface area contributed by atoms with Crippen LogP contribution >= 0.6 is 0 Å². The lowest BCUT2D eigenvalue weighted by atomic mass is 10.0. The van der Waals surface area contributed by atoms with Crippen LogP contribution in [0.25, 0.3) is 0 Å². The van der Waals surface area contributed by atoms with Gasteiger partial charge in [0.2, 0.25) is 5.91 Å². The van der Waals surface area contributed by atoms with E-state index in [-0.39, 0.29) is 23.8 Å². The second-order valence-electron chi connectivity index (χ2n) is 5.24. The number of carbonyl (C=O) groups is 1. The number of piperidine rings is 1. The zero-order valence-corrected chi connectivity index (χ0v) is 11.3. The van der Waals surface area contributed by atoms with E-state index < -0.39 is 0 Å². The maximum atomic E-state index is 12.8. The van der Waals surface area contributed by atoms with Gasteiger partial charge < -0.3 is 10.6 Å². The number of nitrogens with one attached hydrogen (secondary N) is 2. The molecule has 0 bridgehead atoms. The molecule has 2 rings (SSSR count). The van der Waals surface area contributed by atoms with Gasteiger partial charge in [-0.25, -0.2) is 4.39 Å². The lowest BCUT2D eigenvalue weighted by Crippen LogP contribution is -2.49. The molecule has 1 aromatic carbocycles. The van der Waals surface area contributed by atoms with E-state index in [1.807, 2.05) is 6.92 Å². The van der Waals surface area contributed by atoms with Crippen LogP contribution in [0.5, 0.6) is 0 Å². The molecule has 1 unspecified atom stereocenters. The highest BCUT2D eigenvalue weighted by Gasteiger charge is 2.21. The molecule has 1 aliphatic heterocycles. The standard InChI is InChI=1S/C15H21FN2O/c1-11(10-12-5-7-13(16)8-6-12)18-15(19)14-4-2-3-9-17-14/h5-8,11,14,17H,2-4,9-10H2,1H3,(H,18,19)/t11?,14-/m1/s1. The minimum Gasteiger partial charge on any atom is -0.352 e. The third-order valence-electron chi connectivity index (χ3n) is 3.47. The summed E-state index contributed by atoms with van der Waals surface area (Å²) in [5, 5.41) is 6.25. The fraction of sp³-hybridized carbons (Fsp3) is 0.533. The van der Waals surface area contributed by atoms with Crippen molar-refractivity contribution in [1.82, 2.24) is 10.6 Å². The van der Waals surface area contributed by atoms with Crippen molar-refractivity contribution in [1.29, 1.82) is 0 Å². The van der Waals surface area contributed by atoms with Crippen LogP contribution < -0.4 is 10.6 Å². The van der Waals surface area contributed by atoms with Crippen molar-refractivity contribution in [2.75, 3.05) is 6.54 Å². The maximum absolute atomic E-state index is 12.8. The zero-order valence-electron chi connectivity index (χ0n) is 11.3. The summed E-state index contributed by atoms with van der Waals surface area (Å²) in [6.45, 7) is 2.90. The molecule has 0 aliphatic carbocycles. The lowest BCUT2D eigenvalue weighted by Gasteiger charge is -2.24. The van der Waals surface area contributed by atoms with Crippen molar-refractivity contribution in [3.63, 3.8) is 0 Å². The molecule has 0 saturated carbocycles. The Morgan fingerprint density at radius 1 is 1.42 bits per heavy atom. The molecule has 1 amide bonds. The summed E-state index contributed by atoms with van der Waals surface area (Å²) in [6, 6.07) is 6.43. The number of hydrogen-bond acceptors (Lipinski definition) is 2. The third kappa shape index (κ3) is 4.31. The van der Waals surface area contributed by atoms with Crippen LogP contribution in [-0.2, 0) is 11.2 Å². The molecule has 19 heavy (non-hydrogen) atoms. The van der Waals surface area contributed by atoms with E-state index in [0.717, 1.165) is 37.8 Å². The second-order valence-corrected chi connectivity index (χ2v) is 5.24. The molecule has 0 radical (unpaired) electrons. The smallest absolute Gasteiger partial charge is 0.237 e. The highest BCUT2D eigenvalue weighted by Crippen LogP contribution is 2.09.